The SMILES string of the molecule is CCc1ccc(/C(=C/c2ccc(F)cc2)C(=O)O)cc1. The largest absolute Gasteiger partial charge is 0.478 e. The molecule has 0 unspecified atom stereocenters. The summed E-state index contributed by atoms with van der Waals surface area (Å²) in [6, 6.07) is 13.1. The molecule has 1 N–H and O–H groups in total. The molecule has 0 radical (unpaired) electrons. The summed E-state index contributed by atoms with van der Waals surface area (Å²) in [7, 11) is 0. The summed E-state index contributed by atoms with van der Waals surface area (Å²) in [5.74, 6) is -1.34. The van der Waals surface area contributed by atoms with E-state index in [9.17, 15) is 14.3 Å². The summed E-state index contributed by atoms with van der Waals surface area (Å²) in [6.45, 7) is 2.04. The molecule has 2 rings (SSSR count). The lowest BCUT2D eigenvalue weighted by molar-refractivity contribution is -0.130. The highest BCUT2D eigenvalue weighted by Gasteiger charge is 2.10. The van der Waals surface area contributed by atoms with Gasteiger partial charge in [0.25, 0.3) is 0 Å². The van der Waals surface area contributed by atoms with Gasteiger partial charge in [-0.3, -0.25) is 0 Å². The van der Waals surface area contributed by atoms with E-state index in [-0.39, 0.29) is 11.4 Å². The van der Waals surface area contributed by atoms with Crippen molar-refractivity contribution in [3.63, 3.8) is 0 Å². The van der Waals surface area contributed by atoms with E-state index in [4.69, 9.17) is 0 Å². The van der Waals surface area contributed by atoms with Crippen molar-refractivity contribution in [2.45, 2.75) is 13.3 Å². The molecule has 0 aliphatic heterocycles. The van der Waals surface area contributed by atoms with Gasteiger partial charge in [-0.25, -0.2) is 9.18 Å². The van der Waals surface area contributed by atoms with Crippen LogP contribution in [0.4, 0.5) is 4.39 Å². The van der Waals surface area contributed by atoms with E-state index >= 15 is 0 Å². The highest BCUT2D eigenvalue weighted by atomic mass is 19.1. The number of halogens is 1. The van der Waals surface area contributed by atoms with E-state index in [1.165, 1.54) is 12.1 Å². The third-order valence-electron chi connectivity index (χ3n) is 3.08. The Kier molecular flexibility index (Phi) is 4.31. The van der Waals surface area contributed by atoms with Crippen molar-refractivity contribution in [3.8, 4) is 0 Å². The molecule has 3 heteroatoms. The zero-order valence-electron chi connectivity index (χ0n) is 11.1. The fourth-order valence-corrected chi connectivity index (χ4v) is 1.91. The molecule has 102 valence electrons. The lowest BCUT2D eigenvalue weighted by atomic mass is 10.0. The highest BCUT2D eigenvalue weighted by molar-refractivity contribution is 6.20. The van der Waals surface area contributed by atoms with Crippen molar-refractivity contribution in [1.82, 2.24) is 0 Å². The number of carbonyl (C=O) groups is 1. The molecule has 0 heterocycles. The Morgan fingerprint density at radius 1 is 1.10 bits per heavy atom. The van der Waals surface area contributed by atoms with Gasteiger partial charge in [-0.1, -0.05) is 43.3 Å². The molecular weight excluding hydrogens is 255 g/mol. The minimum absolute atomic E-state index is 0.194. The van der Waals surface area contributed by atoms with Crippen LogP contribution >= 0.6 is 0 Å². The van der Waals surface area contributed by atoms with Crippen molar-refractivity contribution >= 4 is 17.6 Å². The van der Waals surface area contributed by atoms with Crippen LogP contribution in [0.25, 0.3) is 11.6 Å². The first-order chi connectivity index (χ1) is 9.60. The standard InChI is InChI=1S/C17H15FO2/c1-2-12-3-7-14(8-4-12)16(17(19)20)11-13-5-9-15(18)10-6-13/h3-11H,2H2,1H3,(H,19,20)/b16-11-. The molecule has 0 bridgehead atoms. The Bertz CT molecular complexity index is 625. The normalized spacial score (nSPS) is 11.4. The minimum atomic E-state index is -1.00. The number of hydrogen-bond donors (Lipinski definition) is 1. The smallest absolute Gasteiger partial charge is 0.336 e. The van der Waals surface area contributed by atoms with Crippen molar-refractivity contribution in [3.05, 3.63) is 71.0 Å². The molecule has 0 atom stereocenters. The molecule has 2 aromatic carbocycles. The fourth-order valence-electron chi connectivity index (χ4n) is 1.91. The summed E-state index contributed by atoms with van der Waals surface area (Å²) in [5, 5.41) is 9.33. The van der Waals surface area contributed by atoms with Gasteiger partial charge >= 0.3 is 5.97 Å². The van der Waals surface area contributed by atoms with E-state index in [0.29, 0.717) is 11.1 Å². The van der Waals surface area contributed by atoms with E-state index in [1.807, 2.05) is 19.1 Å². The summed E-state index contributed by atoms with van der Waals surface area (Å²) in [5.41, 5.74) is 2.64. The van der Waals surface area contributed by atoms with Crippen LogP contribution in [0, 0.1) is 5.82 Å². The topological polar surface area (TPSA) is 37.3 Å². The molecular formula is C17H15FO2. The number of carboxylic acids is 1. The number of rotatable bonds is 4. The Morgan fingerprint density at radius 3 is 2.20 bits per heavy atom. The Balaban J connectivity index is 2.39. The molecule has 2 nitrogen and oxygen atoms in total. The molecule has 0 aliphatic carbocycles. The average molecular weight is 270 g/mol. The third kappa shape index (κ3) is 3.32. The Morgan fingerprint density at radius 2 is 1.70 bits per heavy atom. The van der Waals surface area contributed by atoms with Gasteiger partial charge in [-0.2, -0.15) is 0 Å². The number of aryl methyl sites for hydroxylation is 1. The van der Waals surface area contributed by atoms with Crippen LogP contribution in [0.1, 0.15) is 23.6 Å². The molecule has 0 aromatic heterocycles. The van der Waals surface area contributed by atoms with Crippen LogP contribution in [0.15, 0.2) is 48.5 Å². The second kappa shape index (κ2) is 6.15. The Hall–Kier alpha value is -2.42. The molecule has 20 heavy (non-hydrogen) atoms. The summed E-state index contributed by atoms with van der Waals surface area (Å²) in [4.78, 5) is 11.4. The third-order valence-corrected chi connectivity index (χ3v) is 3.08. The summed E-state index contributed by atoms with van der Waals surface area (Å²) >= 11 is 0. The maximum absolute atomic E-state index is 12.9. The van der Waals surface area contributed by atoms with Crippen molar-refractivity contribution in [2.24, 2.45) is 0 Å². The predicted molar refractivity (Wildman–Crippen MR) is 77.7 cm³/mol. The van der Waals surface area contributed by atoms with Crippen LogP contribution in [0.2, 0.25) is 0 Å². The van der Waals surface area contributed by atoms with Crippen LogP contribution in [-0.4, -0.2) is 11.1 Å². The van der Waals surface area contributed by atoms with Gasteiger partial charge in [0.1, 0.15) is 5.82 Å². The number of benzene rings is 2. The zero-order valence-corrected chi connectivity index (χ0v) is 11.1. The second-order valence-corrected chi connectivity index (χ2v) is 4.47. The molecule has 0 aliphatic rings. The molecule has 2 aromatic rings. The van der Waals surface area contributed by atoms with Crippen molar-refractivity contribution in [2.75, 3.05) is 0 Å². The van der Waals surface area contributed by atoms with Crippen molar-refractivity contribution < 1.29 is 14.3 Å². The number of aliphatic carboxylic acids is 1. The van der Waals surface area contributed by atoms with Gasteiger partial charge in [-0.05, 0) is 41.3 Å². The van der Waals surface area contributed by atoms with Gasteiger partial charge in [0.2, 0.25) is 0 Å². The fraction of sp³-hybridized carbons (Fsp3) is 0.118. The quantitative estimate of drug-likeness (QED) is 0.673. The average Bonchev–Trinajstić information content (AvgIpc) is 2.46. The second-order valence-electron chi connectivity index (χ2n) is 4.47. The lowest BCUT2D eigenvalue weighted by Crippen LogP contribution is -1.99. The molecule has 0 saturated carbocycles. The van der Waals surface area contributed by atoms with Gasteiger partial charge in [0.15, 0.2) is 0 Å². The summed E-state index contributed by atoms with van der Waals surface area (Å²) in [6.07, 6.45) is 2.45. The van der Waals surface area contributed by atoms with E-state index < -0.39 is 5.97 Å². The van der Waals surface area contributed by atoms with E-state index in [0.717, 1.165) is 12.0 Å². The maximum atomic E-state index is 12.9. The van der Waals surface area contributed by atoms with Gasteiger partial charge < -0.3 is 5.11 Å². The molecule has 0 spiro atoms. The first-order valence-electron chi connectivity index (χ1n) is 6.40. The van der Waals surface area contributed by atoms with Crippen molar-refractivity contribution in [1.29, 1.82) is 0 Å². The van der Waals surface area contributed by atoms with Crippen LogP contribution in [0.3, 0.4) is 0 Å². The molecule has 0 saturated heterocycles. The van der Waals surface area contributed by atoms with Gasteiger partial charge in [-0.15, -0.1) is 0 Å². The van der Waals surface area contributed by atoms with Gasteiger partial charge in [0.05, 0.1) is 5.57 Å². The highest BCUT2D eigenvalue weighted by Crippen LogP contribution is 2.19. The first-order valence-corrected chi connectivity index (χ1v) is 6.40. The molecule has 0 amide bonds. The zero-order chi connectivity index (χ0) is 14.5. The van der Waals surface area contributed by atoms with Crippen LogP contribution in [0.5, 0.6) is 0 Å². The maximum Gasteiger partial charge on any atom is 0.336 e. The summed E-state index contributed by atoms with van der Waals surface area (Å²) < 4.78 is 12.9. The number of carboxylic acid groups (broad SMARTS) is 1. The van der Waals surface area contributed by atoms with Gasteiger partial charge in [0, 0.05) is 0 Å². The first kappa shape index (κ1) is 14.0. The van der Waals surface area contributed by atoms with E-state index in [2.05, 4.69) is 0 Å². The lowest BCUT2D eigenvalue weighted by Gasteiger charge is -2.05. The monoisotopic (exact) mass is 270 g/mol. The minimum Gasteiger partial charge on any atom is -0.478 e. The van der Waals surface area contributed by atoms with Crippen LogP contribution < -0.4 is 0 Å². The number of hydrogen-bond acceptors (Lipinski definition) is 1. The predicted octanol–water partition coefficient (Wildman–Crippen LogP) is 4.01. The van der Waals surface area contributed by atoms with Crippen LogP contribution in [-0.2, 0) is 11.2 Å². The van der Waals surface area contributed by atoms with E-state index in [1.54, 1.807) is 30.3 Å². The molecule has 0 fully saturated rings. The Labute approximate surface area is 117 Å².